The third-order valence-electron chi connectivity index (χ3n) is 8.99. The maximum Gasteiger partial charge on any atom is 0.303 e. The van der Waals surface area contributed by atoms with Crippen molar-refractivity contribution in [2.24, 2.45) is 40.9 Å². The quantitative estimate of drug-likeness (QED) is 0.691. The lowest BCUT2D eigenvalue weighted by molar-refractivity contribution is -0.137. The van der Waals surface area contributed by atoms with Crippen molar-refractivity contribution in [1.82, 2.24) is 0 Å². The lowest BCUT2D eigenvalue weighted by Crippen LogP contribution is -2.47. The Labute approximate surface area is 158 Å². The number of rotatable bonds is 4. The second-order valence-corrected chi connectivity index (χ2v) is 10.1. The van der Waals surface area contributed by atoms with E-state index >= 15 is 0 Å². The van der Waals surface area contributed by atoms with Gasteiger partial charge in [-0.05, 0) is 98.7 Å². The Hall–Kier alpha value is -0.830. The van der Waals surface area contributed by atoms with E-state index in [1.165, 1.54) is 38.5 Å². The van der Waals surface area contributed by atoms with E-state index in [9.17, 15) is 9.90 Å². The van der Waals surface area contributed by atoms with Gasteiger partial charge in [-0.1, -0.05) is 25.5 Å². The van der Waals surface area contributed by atoms with E-state index < -0.39 is 5.97 Å². The Morgan fingerprint density at radius 1 is 1.23 bits per heavy atom. The number of allylic oxidation sites excluding steroid dienone is 1. The first-order valence-corrected chi connectivity index (χ1v) is 11.0. The minimum Gasteiger partial charge on any atom is -0.481 e. The van der Waals surface area contributed by atoms with E-state index in [-0.39, 0.29) is 6.10 Å². The molecule has 146 valence electrons. The molecule has 0 aromatic carbocycles. The fraction of sp³-hybridized carbons (Fsp3) is 0.870. The first-order valence-electron chi connectivity index (χ1n) is 11.0. The van der Waals surface area contributed by atoms with E-state index in [0.29, 0.717) is 23.7 Å². The van der Waals surface area contributed by atoms with Gasteiger partial charge in [0.2, 0.25) is 0 Å². The summed E-state index contributed by atoms with van der Waals surface area (Å²) < 4.78 is 0. The second kappa shape index (κ2) is 6.96. The lowest BCUT2D eigenvalue weighted by Gasteiger charge is -2.54. The summed E-state index contributed by atoms with van der Waals surface area (Å²) in [5.41, 5.74) is 1.98. The number of fused-ring (bicyclic) bond motifs is 5. The highest BCUT2D eigenvalue weighted by Crippen LogP contribution is 2.64. The van der Waals surface area contributed by atoms with Crippen LogP contribution in [0.3, 0.4) is 0 Å². The second-order valence-electron chi connectivity index (χ2n) is 10.1. The van der Waals surface area contributed by atoms with Crippen molar-refractivity contribution >= 4 is 5.97 Å². The number of carboxylic acids is 1. The van der Waals surface area contributed by atoms with Crippen LogP contribution in [0.4, 0.5) is 0 Å². The summed E-state index contributed by atoms with van der Waals surface area (Å²) in [7, 11) is 0. The fourth-order valence-corrected chi connectivity index (χ4v) is 7.78. The van der Waals surface area contributed by atoms with Crippen molar-refractivity contribution in [3.63, 3.8) is 0 Å². The summed E-state index contributed by atoms with van der Waals surface area (Å²) in [4.78, 5) is 11.0. The normalized spacial score (nSPS) is 45.9. The van der Waals surface area contributed by atoms with Crippen LogP contribution in [0, 0.1) is 40.9 Å². The van der Waals surface area contributed by atoms with Crippen molar-refractivity contribution in [2.45, 2.75) is 84.2 Å². The van der Waals surface area contributed by atoms with E-state index in [1.54, 1.807) is 5.57 Å². The molecule has 0 spiro atoms. The van der Waals surface area contributed by atoms with Crippen LogP contribution in [-0.2, 0) is 4.79 Å². The number of carboxylic acid groups (broad SMARTS) is 1. The highest BCUT2D eigenvalue weighted by molar-refractivity contribution is 5.66. The topological polar surface area (TPSA) is 57.5 Å². The van der Waals surface area contributed by atoms with Crippen molar-refractivity contribution < 1.29 is 15.0 Å². The van der Waals surface area contributed by atoms with Gasteiger partial charge in [-0.2, -0.15) is 0 Å². The minimum atomic E-state index is -0.648. The van der Waals surface area contributed by atoms with Gasteiger partial charge in [-0.15, -0.1) is 0 Å². The molecule has 2 N–H and O–H groups in total. The van der Waals surface area contributed by atoms with Crippen LogP contribution in [-0.4, -0.2) is 22.3 Å². The molecule has 0 bridgehead atoms. The molecule has 8 atom stereocenters. The van der Waals surface area contributed by atoms with Crippen molar-refractivity contribution in [1.29, 1.82) is 0 Å². The molecular formula is C23H36O3. The molecule has 1 unspecified atom stereocenters. The molecule has 4 rings (SSSR count). The van der Waals surface area contributed by atoms with Gasteiger partial charge in [0, 0.05) is 6.42 Å². The molecule has 0 aromatic heterocycles. The molecule has 3 heteroatoms. The largest absolute Gasteiger partial charge is 0.481 e. The van der Waals surface area contributed by atoms with Gasteiger partial charge in [0.05, 0.1) is 6.10 Å². The lowest BCUT2D eigenvalue weighted by atomic mass is 9.51. The van der Waals surface area contributed by atoms with Gasteiger partial charge in [0.15, 0.2) is 0 Å². The number of aliphatic carboxylic acids is 1. The molecule has 0 aliphatic heterocycles. The van der Waals surface area contributed by atoms with Crippen LogP contribution < -0.4 is 0 Å². The van der Waals surface area contributed by atoms with Gasteiger partial charge in [-0.25, -0.2) is 0 Å². The number of hydrogen-bond donors (Lipinski definition) is 2. The summed E-state index contributed by atoms with van der Waals surface area (Å²) in [5, 5.41) is 19.1. The summed E-state index contributed by atoms with van der Waals surface area (Å²) >= 11 is 0. The summed E-state index contributed by atoms with van der Waals surface area (Å²) in [5.74, 6) is 3.81. The summed E-state index contributed by atoms with van der Waals surface area (Å²) in [6, 6.07) is 0. The van der Waals surface area contributed by atoms with E-state index in [2.05, 4.69) is 19.9 Å². The molecule has 4 aliphatic rings. The number of carbonyl (C=O) groups is 1. The molecule has 0 aromatic rings. The number of aliphatic hydroxyl groups excluding tert-OH is 1. The number of aliphatic hydroxyl groups is 1. The molecule has 3 fully saturated rings. The Balaban J connectivity index is 1.50. The highest BCUT2D eigenvalue weighted by atomic mass is 16.4. The standard InChI is InChI=1S/C23H36O3/c1-14(3-10-22(25)26)20-8-9-21-19-6-4-15-13-16(24)5-7-17(15)18(19)11-12-23(20,21)2/h4,14,16-21,24H,3,5-13H2,1-2H3,(H,25,26)/t14-,16+,17?,18-,19-,20-,21+,23-/m1/s1. The van der Waals surface area contributed by atoms with Crippen LogP contribution in [0.2, 0.25) is 0 Å². The van der Waals surface area contributed by atoms with Crippen LogP contribution in [0.25, 0.3) is 0 Å². The van der Waals surface area contributed by atoms with Crippen molar-refractivity contribution in [3.8, 4) is 0 Å². The van der Waals surface area contributed by atoms with Gasteiger partial charge >= 0.3 is 5.97 Å². The SMILES string of the molecule is C[C@H](CCC(=O)O)[C@H]1CC[C@H]2[C@@H]3CC=C4C[C@@H](O)CCC4[C@H]3CC[C@]12C. The first kappa shape index (κ1) is 18.5. The predicted molar refractivity (Wildman–Crippen MR) is 103 cm³/mol. The van der Waals surface area contributed by atoms with E-state index in [0.717, 1.165) is 42.9 Å². The Bertz CT molecular complexity index is 582. The summed E-state index contributed by atoms with van der Waals surface area (Å²) in [6.45, 7) is 4.83. The first-order chi connectivity index (χ1) is 12.4. The van der Waals surface area contributed by atoms with Crippen LogP contribution in [0.1, 0.15) is 78.1 Å². The Kier molecular flexibility index (Phi) is 4.96. The van der Waals surface area contributed by atoms with Crippen LogP contribution >= 0.6 is 0 Å². The molecular weight excluding hydrogens is 324 g/mol. The van der Waals surface area contributed by atoms with Gasteiger partial charge in [-0.3, -0.25) is 4.79 Å². The zero-order chi connectivity index (χ0) is 18.5. The smallest absolute Gasteiger partial charge is 0.303 e. The minimum absolute atomic E-state index is 0.103. The molecule has 3 saturated carbocycles. The van der Waals surface area contributed by atoms with Crippen molar-refractivity contribution in [3.05, 3.63) is 11.6 Å². The maximum atomic E-state index is 11.0. The van der Waals surface area contributed by atoms with Gasteiger partial charge in [0.25, 0.3) is 0 Å². The molecule has 3 nitrogen and oxygen atoms in total. The monoisotopic (exact) mass is 360 g/mol. The predicted octanol–water partition coefficient (Wildman–Crippen LogP) is 5.04. The Morgan fingerprint density at radius 2 is 2.04 bits per heavy atom. The van der Waals surface area contributed by atoms with E-state index in [1.807, 2.05) is 0 Å². The third-order valence-corrected chi connectivity index (χ3v) is 8.99. The van der Waals surface area contributed by atoms with Crippen LogP contribution in [0.15, 0.2) is 11.6 Å². The zero-order valence-corrected chi connectivity index (χ0v) is 16.5. The average molecular weight is 361 g/mol. The van der Waals surface area contributed by atoms with E-state index in [4.69, 9.17) is 5.11 Å². The average Bonchev–Trinajstić information content (AvgIpc) is 2.96. The maximum absolute atomic E-state index is 11.0. The fourth-order valence-electron chi connectivity index (χ4n) is 7.78. The zero-order valence-electron chi connectivity index (χ0n) is 16.5. The number of hydrogen-bond acceptors (Lipinski definition) is 2. The Morgan fingerprint density at radius 3 is 2.81 bits per heavy atom. The molecule has 0 heterocycles. The van der Waals surface area contributed by atoms with Crippen LogP contribution in [0.5, 0.6) is 0 Å². The summed E-state index contributed by atoms with van der Waals surface area (Å²) in [6.07, 6.45) is 13.2. The van der Waals surface area contributed by atoms with Crippen molar-refractivity contribution in [2.75, 3.05) is 0 Å². The third kappa shape index (κ3) is 3.04. The molecule has 0 amide bonds. The highest BCUT2D eigenvalue weighted by Gasteiger charge is 2.56. The van der Waals surface area contributed by atoms with Gasteiger partial charge in [0.1, 0.15) is 0 Å². The molecule has 26 heavy (non-hydrogen) atoms. The van der Waals surface area contributed by atoms with Gasteiger partial charge < -0.3 is 10.2 Å². The molecule has 0 radical (unpaired) electrons. The molecule has 4 aliphatic carbocycles. The molecule has 0 saturated heterocycles.